The first kappa shape index (κ1) is 26.0. The molecule has 39 heavy (non-hydrogen) atoms. The number of sulfonamides is 1. The van der Waals surface area contributed by atoms with Crippen LogP contribution in [-0.2, 0) is 16.6 Å². The molecular weight excluding hydrogens is 526 g/mol. The van der Waals surface area contributed by atoms with E-state index in [1.807, 2.05) is 0 Å². The van der Waals surface area contributed by atoms with E-state index in [4.69, 9.17) is 5.10 Å². The Kier molecular flexibility index (Phi) is 6.07. The molecule has 3 aromatic rings. The number of hydrogen-bond donors (Lipinski definition) is 2. The van der Waals surface area contributed by atoms with E-state index in [1.165, 1.54) is 10.4 Å². The number of aromatic amines is 1. The van der Waals surface area contributed by atoms with Gasteiger partial charge in [0.25, 0.3) is 5.56 Å². The second kappa shape index (κ2) is 9.13. The highest BCUT2D eigenvalue weighted by Crippen LogP contribution is 2.47. The van der Waals surface area contributed by atoms with E-state index in [9.17, 15) is 27.3 Å². The van der Waals surface area contributed by atoms with Crippen molar-refractivity contribution < 1.29 is 17.2 Å². The number of nitrogens with one attached hydrogen (secondary N) is 2. The molecule has 1 aromatic carbocycles. The van der Waals surface area contributed by atoms with Crippen LogP contribution in [0.3, 0.4) is 0 Å². The van der Waals surface area contributed by atoms with Gasteiger partial charge in [-0.1, -0.05) is 12.8 Å². The predicted molar refractivity (Wildman–Crippen MR) is 141 cm³/mol. The minimum atomic E-state index is -3.84. The molecule has 1 aliphatic heterocycles. The van der Waals surface area contributed by atoms with Gasteiger partial charge in [-0.05, 0) is 62.4 Å². The number of halogens is 2. The van der Waals surface area contributed by atoms with Gasteiger partial charge in [0.15, 0.2) is 5.82 Å². The lowest BCUT2D eigenvalue weighted by Crippen LogP contribution is -2.50. The molecule has 2 saturated carbocycles. The SMILES string of the molecule is CC1(N2Cc3cc(Nc4nn(C5CCCCC5C#N)c5cc[nH]c(=O)c45)ccc3S2(=O)=O)CCC(F)(F)CC1. The largest absolute Gasteiger partial charge is 0.338 e. The average molecular weight is 557 g/mol. The molecule has 3 aliphatic rings. The number of aromatic nitrogens is 3. The molecule has 0 bridgehead atoms. The quantitative estimate of drug-likeness (QED) is 0.456. The van der Waals surface area contributed by atoms with Crippen molar-refractivity contribution in [3.63, 3.8) is 0 Å². The van der Waals surface area contributed by atoms with E-state index in [0.717, 1.165) is 25.7 Å². The zero-order valence-electron chi connectivity index (χ0n) is 21.6. The molecule has 2 unspecified atom stereocenters. The van der Waals surface area contributed by atoms with Crippen molar-refractivity contribution in [2.45, 2.75) is 87.2 Å². The normalized spacial score (nSPS) is 25.7. The van der Waals surface area contributed by atoms with E-state index >= 15 is 0 Å². The van der Waals surface area contributed by atoms with Crippen LogP contribution in [0, 0.1) is 17.2 Å². The zero-order valence-corrected chi connectivity index (χ0v) is 22.4. The van der Waals surface area contributed by atoms with Crippen LogP contribution in [0.4, 0.5) is 20.3 Å². The fourth-order valence-corrected chi connectivity index (χ4v) is 8.41. The maximum Gasteiger partial charge on any atom is 0.261 e. The number of anilines is 2. The number of hydrogen-bond acceptors (Lipinski definition) is 6. The maximum atomic E-state index is 13.8. The Morgan fingerprint density at radius 1 is 1.15 bits per heavy atom. The summed E-state index contributed by atoms with van der Waals surface area (Å²) < 4.78 is 57.6. The monoisotopic (exact) mass is 556 g/mol. The number of nitriles is 1. The number of alkyl halides is 2. The van der Waals surface area contributed by atoms with Crippen LogP contribution in [-0.4, -0.2) is 38.9 Å². The summed E-state index contributed by atoms with van der Waals surface area (Å²) in [6.07, 6.45) is 4.60. The first-order valence-corrected chi connectivity index (χ1v) is 14.8. The predicted octanol–water partition coefficient (Wildman–Crippen LogP) is 5.20. The highest BCUT2D eigenvalue weighted by Gasteiger charge is 2.50. The van der Waals surface area contributed by atoms with Crippen molar-refractivity contribution in [3.8, 4) is 6.07 Å². The van der Waals surface area contributed by atoms with Crippen molar-refractivity contribution >= 4 is 32.4 Å². The lowest BCUT2D eigenvalue weighted by atomic mass is 9.81. The topological polar surface area (TPSA) is 124 Å². The lowest BCUT2D eigenvalue weighted by molar-refractivity contribution is -0.0649. The van der Waals surface area contributed by atoms with Crippen LogP contribution in [0.5, 0.6) is 0 Å². The Bertz CT molecular complexity index is 1650. The molecule has 2 aromatic heterocycles. The second-order valence-corrected chi connectivity index (χ2v) is 13.1. The van der Waals surface area contributed by atoms with Gasteiger partial charge in [0, 0.05) is 36.8 Å². The van der Waals surface area contributed by atoms with Gasteiger partial charge in [-0.3, -0.25) is 9.48 Å². The van der Waals surface area contributed by atoms with Crippen molar-refractivity contribution in [2.75, 3.05) is 5.32 Å². The van der Waals surface area contributed by atoms with Gasteiger partial charge >= 0.3 is 0 Å². The standard InChI is InChI=1S/C27H30F2N6O3S/c1-26(9-11-27(28,29)12-10-26)34-16-18-14-19(6-7-22(18)39(34,37)38)32-24-23-21(8-13-31-25(23)36)35(33-24)20-5-3-2-4-17(20)15-30/h6-8,13-14,17,20H,2-5,9-12,16H2,1H3,(H,31,36)(H,32,33). The summed E-state index contributed by atoms with van der Waals surface area (Å²) in [7, 11) is -3.84. The van der Waals surface area contributed by atoms with E-state index < -0.39 is 21.5 Å². The third-order valence-corrected chi connectivity index (χ3v) is 10.8. The van der Waals surface area contributed by atoms with Gasteiger partial charge in [-0.25, -0.2) is 17.2 Å². The number of H-pyrrole nitrogens is 1. The highest BCUT2D eigenvalue weighted by molar-refractivity contribution is 7.89. The van der Waals surface area contributed by atoms with Crippen LogP contribution < -0.4 is 10.9 Å². The van der Waals surface area contributed by atoms with E-state index in [0.29, 0.717) is 28.0 Å². The lowest BCUT2D eigenvalue weighted by Gasteiger charge is -2.42. The van der Waals surface area contributed by atoms with Crippen LogP contribution in [0.2, 0.25) is 0 Å². The number of benzene rings is 1. The fourth-order valence-electron chi connectivity index (χ4n) is 6.41. The summed E-state index contributed by atoms with van der Waals surface area (Å²) in [4.78, 5) is 15.7. The molecule has 0 saturated heterocycles. The molecular formula is C27H30F2N6O3S. The van der Waals surface area contributed by atoms with Crippen molar-refractivity contribution in [1.29, 1.82) is 5.26 Å². The van der Waals surface area contributed by atoms with Gasteiger partial charge in [0.05, 0.1) is 28.4 Å². The van der Waals surface area contributed by atoms with Gasteiger partial charge in [-0.2, -0.15) is 14.7 Å². The van der Waals surface area contributed by atoms with Crippen LogP contribution >= 0.6 is 0 Å². The Morgan fingerprint density at radius 3 is 2.64 bits per heavy atom. The highest BCUT2D eigenvalue weighted by atomic mass is 32.2. The number of nitrogens with zero attached hydrogens (tertiary/aromatic N) is 4. The molecule has 2 aliphatic carbocycles. The summed E-state index contributed by atoms with van der Waals surface area (Å²) in [5, 5.41) is 18.0. The molecule has 3 heterocycles. The third kappa shape index (κ3) is 4.32. The van der Waals surface area contributed by atoms with Gasteiger partial charge < -0.3 is 10.3 Å². The second-order valence-electron chi connectivity index (χ2n) is 11.3. The third-order valence-electron chi connectivity index (χ3n) is 8.71. The number of pyridine rings is 1. The number of rotatable bonds is 4. The molecule has 2 atom stereocenters. The van der Waals surface area contributed by atoms with E-state index in [2.05, 4.69) is 16.4 Å². The van der Waals surface area contributed by atoms with Crippen LogP contribution in [0.1, 0.15) is 69.9 Å². The molecule has 2 fully saturated rings. The Balaban J connectivity index is 1.33. The Hall–Kier alpha value is -3.30. The van der Waals surface area contributed by atoms with Crippen molar-refractivity contribution in [1.82, 2.24) is 19.1 Å². The first-order chi connectivity index (χ1) is 18.5. The number of fused-ring (bicyclic) bond motifs is 2. The summed E-state index contributed by atoms with van der Waals surface area (Å²) >= 11 is 0. The summed E-state index contributed by atoms with van der Waals surface area (Å²) in [6.45, 7) is 1.84. The molecule has 9 nitrogen and oxygen atoms in total. The van der Waals surface area contributed by atoms with Crippen molar-refractivity contribution in [3.05, 3.63) is 46.4 Å². The van der Waals surface area contributed by atoms with E-state index in [1.54, 1.807) is 36.0 Å². The smallest absolute Gasteiger partial charge is 0.261 e. The van der Waals surface area contributed by atoms with Gasteiger partial charge in [-0.15, -0.1) is 0 Å². The van der Waals surface area contributed by atoms with Crippen LogP contribution in [0.25, 0.3) is 10.9 Å². The van der Waals surface area contributed by atoms with Gasteiger partial charge in [0.1, 0.15) is 5.39 Å². The zero-order chi connectivity index (χ0) is 27.6. The first-order valence-electron chi connectivity index (χ1n) is 13.3. The molecule has 12 heteroatoms. The molecule has 0 radical (unpaired) electrons. The maximum absolute atomic E-state index is 13.8. The minimum Gasteiger partial charge on any atom is -0.338 e. The molecule has 2 N–H and O–H groups in total. The molecule has 0 spiro atoms. The molecule has 0 amide bonds. The van der Waals surface area contributed by atoms with Crippen LogP contribution in [0.15, 0.2) is 40.2 Å². The summed E-state index contributed by atoms with van der Waals surface area (Å²) in [5.41, 5.74) is 0.550. The molecule has 6 rings (SSSR count). The van der Waals surface area contributed by atoms with Crippen molar-refractivity contribution in [2.24, 2.45) is 5.92 Å². The Labute approximate surface area is 224 Å². The molecule has 206 valence electrons. The fraction of sp³-hybridized carbons (Fsp3) is 0.519. The van der Waals surface area contributed by atoms with E-state index in [-0.39, 0.29) is 54.6 Å². The summed E-state index contributed by atoms with van der Waals surface area (Å²) in [5.74, 6) is -2.64. The average Bonchev–Trinajstić information content (AvgIpc) is 3.41. The minimum absolute atomic E-state index is 0.0926. The summed E-state index contributed by atoms with van der Waals surface area (Å²) in [6, 6.07) is 8.88. The van der Waals surface area contributed by atoms with Gasteiger partial charge in [0.2, 0.25) is 15.9 Å². The Morgan fingerprint density at radius 2 is 1.90 bits per heavy atom.